The van der Waals surface area contributed by atoms with E-state index < -0.39 is 5.60 Å². The van der Waals surface area contributed by atoms with Crippen LogP contribution >= 0.6 is 11.3 Å². The molecule has 0 aliphatic carbocycles. The van der Waals surface area contributed by atoms with E-state index in [-0.39, 0.29) is 12.1 Å². The zero-order valence-corrected chi connectivity index (χ0v) is 15.7. The second-order valence-electron chi connectivity index (χ2n) is 7.24. The fourth-order valence-electron chi connectivity index (χ4n) is 2.96. The second kappa shape index (κ2) is 6.20. The number of carbonyl (C=O) groups is 1. The molecule has 3 heterocycles. The van der Waals surface area contributed by atoms with Crippen molar-refractivity contribution in [2.75, 3.05) is 24.5 Å². The molecule has 1 atom stereocenters. The van der Waals surface area contributed by atoms with Gasteiger partial charge in [-0.15, -0.1) is 11.3 Å². The van der Waals surface area contributed by atoms with Gasteiger partial charge >= 0.3 is 6.09 Å². The molecule has 1 aliphatic heterocycles. The molecule has 7 heteroatoms. The van der Waals surface area contributed by atoms with Crippen LogP contribution in [0.3, 0.4) is 0 Å². The van der Waals surface area contributed by atoms with Crippen molar-refractivity contribution in [2.24, 2.45) is 0 Å². The van der Waals surface area contributed by atoms with E-state index in [2.05, 4.69) is 27.9 Å². The first-order valence-electron chi connectivity index (χ1n) is 8.20. The van der Waals surface area contributed by atoms with Gasteiger partial charge in [0.25, 0.3) is 0 Å². The Morgan fingerprint density at radius 3 is 2.75 bits per heavy atom. The topological polar surface area (TPSA) is 58.6 Å². The second-order valence-corrected chi connectivity index (χ2v) is 8.48. The summed E-state index contributed by atoms with van der Waals surface area (Å²) in [6.45, 7) is 11.9. The highest BCUT2D eigenvalue weighted by Crippen LogP contribution is 2.31. The maximum absolute atomic E-state index is 12.3. The van der Waals surface area contributed by atoms with Crippen LogP contribution in [0.25, 0.3) is 10.2 Å². The first-order valence-corrected chi connectivity index (χ1v) is 9.02. The SMILES string of the molecule is Cc1cc2c(N3CCN(C(=O)OC(C)(C)C)[C@H](C)C3)ncnc2s1. The summed E-state index contributed by atoms with van der Waals surface area (Å²) >= 11 is 1.68. The number of hydrogen-bond acceptors (Lipinski definition) is 6. The quantitative estimate of drug-likeness (QED) is 0.790. The summed E-state index contributed by atoms with van der Waals surface area (Å²) in [6.07, 6.45) is 1.38. The smallest absolute Gasteiger partial charge is 0.410 e. The molecular weight excluding hydrogens is 324 g/mol. The van der Waals surface area contributed by atoms with Crippen LogP contribution in [-0.4, -0.2) is 52.2 Å². The molecule has 2 aromatic rings. The third-order valence-electron chi connectivity index (χ3n) is 3.99. The zero-order valence-electron chi connectivity index (χ0n) is 14.9. The fourth-order valence-corrected chi connectivity index (χ4v) is 3.80. The lowest BCUT2D eigenvalue weighted by Crippen LogP contribution is -2.55. The number of aryl methyl sites for hydroxylation is 1. The first kappa shape index (κ1) is 17.0. The molecule has 2 aromatic heterocycles. The molecule has 0 radical (unpaired) electrons. The summed E-state index contributed by atoms with van der Waals surface area (Å²) in [5.41, 5.74) is -0.471. The van der Waals surface area contributed by atoms with Crippen LogP contribution in [-0.2, 0) is 4.74 Å². The zero-order chi connectivity index (χ0) is 17.5. The van der Waals surface area contributed by atoms with E-state index in [1.54, 1.807) is 22.6 Å². The van der Waals surface area contributed by atoms with Gasteiger partial charge in [0, 0.05) is 30.6 Å². The van der Waals surface area contributed by atoms with Crippen molar-refractivity contribution in [1.29, 1.82) is 0 Å². The number of aromatic nitrogens is 2. The number of amides is 1. The van der Waals surface area contributed by atoms with E-state index >= 15 is 0 Å². The van der Waals surface area contributed by atoms with Gasteiger partial charge in [-0.1, -0.05) is 0 Å². The Kier molecular flexibility index (Phi) is 4.38. The lowest BCUT2D eigenvalue weighted by Gasteiger charge is -2.40. The predicted molar refractivity (Wildman–Crippen MR) is 96.8 cm³/mol. The summed E-state index contributed by atoms with van der Waals surface area (Å²) in [5.74, 6) is 0.958. The van der Waals surface area contributed by atoms with Gasteiger partial charge in [-0.05, 0) is 40.7 Å². The first-order chi connectivity index (χ1) is 11.2. The van der Waals surface area contributed by atoms with Gasteiger partial charge in [0.2, 0.25) is 0 Å². The minimum absolute atomic E-state index is 0.0679. The highest BCUT2D eigenvalue weighted by atomic mass is 32.1. The average molecular weight is 348 g/mol. The highest BCUT2D eigenvalue weighted by Gasteiger charge is 2.31. The normalized spacial score (nSPS) is 19.0. The Balaban J connectivity index is 1.76. The molecule has 1 fully saturated rings. The van der Waals surface area contributed by atoms with Crippen LogP contribution < -0.4 is 4.90 Å². The van der Waals surface area contributed by atoms with E-state index in [4.69, 9.17) is 4.74 Å². The molecule has 1 aliphatic rings. The molecule has 0 bridgehead atoms. The molecule has 0 aromatic carbocycles. The minimum atomic E-state index is -0.471. The predicted octanol–water partition coefficient (Wildman–Crippen LogP) is 3.45. The molecule has 1 saturated heterocycles. The third-order valence-corrected chi connectivity index (χ3v) is 4.95. The third kappa shape index (κ3) is 3.45. The number of ether oxygens (including phenoxy) is 1. The molecule has 0 saturated carbocycles. The Labute approximate surface area is 146 Å². The number of rotatable bonds is 1. The van der Waals surface area contributed by atoms with Gasteiger partial charge in [0.15, 0.2) is 0 Å². The molecule has 6 nitrogen and oxygen atoms in total. The summed E-state index contributed by atoms with van der Waals surface area (Å²) in [4.78, 5) is 27.5. The van der Waals surface area contributed by atoms with Crippen LogP contribution in [0.15, 0.2) is 12.4 Å². The number of piperazine rings is 1. The van der Waals surface area contributed by atoms with Crippen LogP contribution in [0.2, 0.25) is 0 Å². The number of thiophene rings is 1. The Morgan fingerprint density at radius 2 is 2.08 bits per heavy atom. The van der Waals surface area contributed by atoms with Crippen molar-refractivity contribution in [3.05, 3.63) is 17.3 Å². The lowest BCUT2D eigenvalue weighted by molar-refractivity contribution is 0.0159. The van der Waals surface area contributed by atoms with Crippen LogP contribution in [0.4, 0.5) is 10.6 Å². The highest BCUT2D eigenvalue weighted by molar-refractivity contribution is 7.18. The minimum Gasteiger partial charge on any atom is -0.444 e. The molecule has 3 rings (SSSR count). The van der Waals surface area contributed by atoms with Crippen molar-refractivity contribution in [2.45, 2.75) is 46.3 Å². The van der Waals surface area contributed by atoms with Gasteiger partial charge in [0.05, 0.1) is 5.39 Å². The molecule has 0 unspecified atom stereocenters. The largest absolute Gasteiger partial charge is 0.444 e. The average Bonchev–Trinajstić information content (AvgIpc) is 2.85. The Hall–Kier alpha value is -1.89. The molecule has 24 heavy (non-hydrogen) atoms. The summed E-state index contributed by atoms with van der Waals surface area (Å²) in [5, 5.41) is 1.10. The molecule has 0 spiro atoms. The summed E-state index contributed by atoms with van der Waals surface area (Å²) in [6, 6.07) is 2.21. The Bertz CT molecular complexity index is 753. The van der Waals surface area contributed by atoms with E-state index in [0.717, 1.165) is 29.1 Å². The van der Waals surface area contributed by atoms with E-state index in [0.29, 0.717) is 6.54 Å². The van der Waals surface area contributed by atoms with Gasteiger partial charge in [0.1, 0.15) is 22.6 Å². The summed E-state index contributed by atoms with van der Waals surface area (Å²) in [7, 11) is 0. The number of nitrogens with zero attached hydrogens (tertiary/aromatic N) is 4. The molecule has 1 amide bonds. The van der Waals surface area contributed by atoms with Crippen LogP contribution in [0, 0.1) is 6.92 Å². The molecular formula is C17H24N4O2S. The van der Waals surface area contributed by atoms with Gasteiger partial charge in [-0.3, -0.25) is 0 Å². The van der Waals surface area contributed by atoms with Gasteiger partial charge < -0.3 is 14.5 Å². The fraction of sp³-hybridized carbons (Fsp3) is 0.588. The van der Waals surface area contributed by atoms with Gasteiger partial charge in [-0.25, -0.2) is 14.8 Å². The Morgan fingerprint density at radius 1 is 1.33 bits per heavy atom. The van der Waals surface area contributed by atoms with Crippen molar-refractivity contribution < 1.29 is 9.53 Å². The van der Waals surface area contributed by atoms with Crippen molar-refractivity contribution in [3.8, 4) is 0 Å². The van der Waals surface area contributed by atoms with Gasteiger partial charge in [-0.2, -0.15) is 0 Å². The number of hydrogen-bond donors (Lipinski definition) is 0. The molecule has 130 valence electrons. The van der Waals surface area contributed by atoms with E-state index in [1.165, 1.54) is 4.88 Å². The maximum atomic E-state index is 12.3. The van der Waals surface area contributed by atoms with Crippen LogP contribution in [0.1, 0.15) is 32.6 Å². The monoisotopic (exact) mass is 348 g/mol. The van der Waals surface area contributed by atoms with Crippen molar-refractivity contribution in [3.63, 3.8) is 0 Å². The lowest BCUT2D eigenvalue weighted by atomic mass is 10.2. The number of fused-ring (bicyclic) bond motifs is 1. The van der Waals surface area contributed by atoms with Crippen molar-refractivity contribution >= 4 is 33.5 Å². The summed E-state index contributed by atoms with van der Waals surface area (Å²) < 4.78 is 5.51. The number of carbonyl (C=O) groups excluding carboxylic acids is 1. The van der Waals surface area contributed by atoms with E-state index in [1.807, 2.05) is 27.7 Å². The molecule has 0 N–H and O–H groups in total. The van der Waals surface area contributed by atoms with Crippen LogP contribution in [0.5, 0.6) is 0 Å². The van der Waals surface area contributed by atoms with Crippen molar-refractivity contribution in [1.82, 2.24) is 14.9 Å². The standard InChI is InChI=1S/C17H24N4O2S/c1-11-9-20(6-7-21(11)16(22)23-17(3,4)5)14-13-8-12(2)24-15(13)19-10-18-14/h8,10-11H,6-7,9H2,1-5H3/t11-/m1/s1. The maximum Gasteiger partial charge on any atom is 0.410 e. The number of anilines is 1. The van der Waals surface area contributed by atoms with E-state index in [9.17, 15) is 4.79 Å².